The molecule has 0 aromatic heterocycles. The van der Waals surface area contributed by atoms with Gasteiger partial charge in [-0.05, 0) is 6.42 Å². The smallest absolute Gasteiger partial charge is 0.307 e. The van der Waals surface area contributed by atoms with Crippen LogP contribution in [0.1, 0.15) is 120 Å². The number of ether oxygens (including phenoxy) is 1. The van der Waals surface area contributed by atoms with Crippen LogP contribution in [0.4, 0.5) is 0 Å². The summed E-state index contributed by atoms with van der Waals surface area (Å²) in [6.07, 6.45) is 17.6. The molecule has 31 heavy (non-hydrogen) atoms. The molecule has 0 fully saturated rings. The Labute approximate surface area is 202 Å². The van der Waals surface area contributed by atoms with Gasteiger partial charge in [-0.25, -0.2) is 0 Å². The summed E-state index contributed by atoms with van der Waals surface area (Å²) in [5.41, 5.74) is 0. The maximum atomic E-state index is 12.1. The standard InChI is InChI=1S/C25H49NO4.ClH/c1-5-6-7-8-9-10-11-12-13-14-15-16-17-18-19-20-25(29)30-23(21-24(27)28)22-26(2,3)4;/h23H,5-22H2,1-4H3;1H/t23-;/m1./s1/i2D3;. The zero-order valence-electron chi connectivity index (χ0n) is 23.3. The Morgan fingerprint density at radius 3 is 1.65 bits per heavy atom. The molecule has 186 valence electrons. The second kappa shape index (κ2) is 21.1. The molecule has 1 N–H and O–H groups in total. The van der Waals surface area contributed by atoms with E-state index in [1.165, 1.54) is 91.1 Å². The fourth-order valence-electron chi connectivity index (χ4n) is 3.73. The third-order valence-electron chi connectivity index (χ3n) is 5.34. The topological polar surface area (TPSA) is 63.6 Å². The van der Waals surface area contributed by atoms with Gasteiger partial charge in [0.2, 0.25) is 0 Å². The first-order valence-electron chi connectivity index (χ1n) is 13.7. The average Bonchev–Trinajstić information content (AvgIpc) is 2.69. The average molecular weight is 467 g/mol. The van der Waals surface area contributed by atoms with Crippen molar-refractivity contribution in [2.75, 3.05) is 27.6 Å². The maximum absolute atomic E-state index is 12.1. The first kappa shape index (κ1) is 26.4. The highest BCUT2D eigenvalue weighted by atomic mass is 35.5. The van der Waals surface area contributed by atoms with E-state index in [2.05, 4.69) is 6.92 Å². The molecule has 1 atom stereocenters. The number of hydrogen-bond acceptors (Lipinski definition) is 3. The second-order valence-electron chi connectivity index (χ2n) is 9.28. The van der Waals surface area contributed by atoms with Crippen LogP contribution >= 0.6 is 0 Å². The number of nitrogens with zero attached hydrogens (tertiary/aromatic N) is 1. The molecule has 0 aliphatic rings. The third-order valence-corrected chi connectivity index (χ3v) is 5.34. The van der Waals surface area contributed by atoms with Gasteiger partial charge in [-0.1, -0.05) is 96.8 Å². The zero-order valence-corrected chi connectivity index (χ0v) is 21.1. The number of aliphatic carboxylic acids is 1. The van der Waals surface area contributed by atoms with E-state index in [0.717, 1.165) is 12.8 Å². The molecule has 0 radical (unpaired) electrons. The van der Waals surface area contributed by atoms with E-state index in [4.69, 9.17) is 14.0 Å². The van der Waals surface area contributed by atoms with Crippen LogP contribution in [0.2, 0.25) is 0 Å². The lowest BCUT2D eigenvalue weighted by Crippen LogP contribution is -3.00. The zero-order chi connectivity index (χ0) is 25.2. The highest BCUT2D eigenvalue weighted by Gasteiger charge is 2.24. The summed E-state index contributed by atoms with van der Waals surface area (Å²) in [5, 5.41) is 9.07. The summed E-state index contributed by atoms with van der Waals surface area (Å²) in [7, 11) is 2.98. The van der Waals surface area contributed by atoms with E-state index in [-0.39, 0.29) is 31.8 Å². The lowest BCUT2D eigenvalue weighted by atomic mass is 10.0. The van der Waals surface area contributed by atoms with Crippen molar-refractivity contribution in [1.29, 1.82) is 0 Å². The van der Waals surface area contributed by atoms with Crippen molar-refractivity contribution < 1.29 is 40.4 Å². The predicted octanol–water partition coefficient (Wildman–Crippen LogP) is 3.34. The van der Waals surface area contributed by atoms with Crippen LogP contribution in [0, 0.1) is 0 Å². The van der Waals surface area contributed by atoms with E-state index >= 15 is 0 Å². The lowest BCUT2D eigenvalue weighted by Gasteiger charge is -2.28. The number of carboxylic acids is 1. The predicted molar refractivity (Wildman–Crippen MR) is 125 cm³/mol. The van der Waals surface area contributed by atoms with Crippen molar-refractivity contribution >= 4 is 11.9 Å². The van der Waals surface area contributed by atoms with Crippen molar-refractivity contribution in [2.24, 2.45) is 0 Å². The molecule has 0 aliphatic carbocycles. The molecular weight excluding hydrogens is 414 g/mol. The Morgan fingerprint density at radius 1 is 0.839 bits per heavy atom. The molecule has 0 aliphatic heterocycles. The molecule has 0 saturated heterocycles. The van der Waals surface area contributed by atoms with Gasteiger partial charge in [0, 0.05) is 6.42 Å². The molecular formula is C25H50ClNO4. The fraction of sp³-hybridized carbons (Fsp3) is 0.920. The third kappa shape index (κ3) is 25.3. The molecule has 6 heteroatoms. The summed E-state index contributed by atoms with van der Waals surface area (Å²) in [6.45, 7) is -0.119. The first-order valence-corrected chi connectivity index (χ1v) is 12.2. The number of quaternary nitrogens is 1. The number of unbranched alkanes of at least 4 members (excludes halogenated alkanes) is 14. The molecule has 0 saturated carbocycles. The molecule has 0 bridgehead atoms. The lowest BCUT2D eigenvalue weighted by molar-refractivity contribution is -0.873. The minimum atomic E-state index is -2.31. The normalized spacial score (nSPS) is 14.1. The molecule has 5 nitrogen and oxygen atoms in total. The largest absolute Gasteiger partial charge is 1.00 e. The number of esters is 1. The minimum absolute atomic E-state index is 0. The number of carbonyl (C=O) groups is 2. The maximum Gasteiger partial charge on any atom is 0.307 e. The monoisotopic (exact) mass is 466 g/mol. The van der Waals surface area contributed by atoms with Crippen LogP contribution in [0.15, 0.2) is 0 Å². The van der Waals surface area contributed by atoms with Crippen LogP contribution < -0.4 is 12.4 Å². The Bertz CT molecular complexity index is 531. The van der Waals surface area contributed by atoms with E-state index in [0.29, 0.717) is 6.42 Å². The number of halogens is 1. The van der Waals surface area contributed by atoms with Gasteiger partial charge < -0.3 is 26.7 Å². The van der Waals surface area contributed by atoms with Crippen molar-refractivity contribution in [3.8, 4) is 0 Å². The molecule has 0 rings (SSSR count). The van der Waals surface area contributed by atoms with Gasteiger partial charge in [0.25, 0.3) is 0 Å². The first-order chi connectivity index (χ1) is 15.5. The van der Waals surface area contributed by atoms with Crippen molar-refractivity contribution in [2.45, 2.75) is 122 Å². The van der Waals surface area contributed by atoms with Crippen molar-refractivity contribution in [3.63, 3.8) is 0 Å². The van der Waals surface area contributed by atoms with E-state index in [1.54, 1.807) is 0 Å². The van der Waals surface area contributed by atoms with E-state index < -0.39 is 29.5 Å². The molecule has 0 spiro atoms. The van der Waals surface area contributed by atoms with Gasteiger partial charge >= 0.3 is 11.9 Å². The van der Waals surface area contributed by atoms with Crippen LogP contribution in [-0.4, -0.2) is 55.2 Å². The Morgan fingerprint density at radius 2 is 1.26 bits per heavy atom. The summed E-state index contributed by atoms with van der Waals surface area (Å²) in [6, 6.07) is 0. The molecule has 0 unspecified atom stereocenters. The highest BCUT2D eigenvalue weighted by molar-refractivity contribution is 5.71. The summed E-state index contributed by atoms with van der Waals surface area (Å²) in [5.74, 6) is -1.55. The Kier molecular flexibility index (Phi) is 18.0. The van der Waals surface area contributed by atoms with Gasteiger partial charge in [-0.2, -0.15) is 0 Å². The van der Waals surface area contributed by atoms with Crippen molar-refractivity contribution in [3.05, 3.63) is 0 Å². The number of carboxylic acid groups (broad SMARTS) is 1. The molecule has 0 aromatic carbocycles. The van der Waals surface area contributed by atoms with Crippen LogP contribution in [-0.2, 0) is 14.3 Å². The quantitative estimate of drug-likeness (QED) is 0.160. The Hall–Kier alpha value is -0.810. The van der Waals surface area contributed by atoms with Crippen LogP contribution in [0.3, 0.4) is 0 Å². The number of carbonyl (C=O) groups excluding carboxylic acids is 1. The van der Waals surface area contributed by atoms with Crippen LogP contribution in [0.5, 0.6) is 0 Å². The van der Waals surface area contributed by atoms with Gasteiger partial charge in [0.05, 0.1) is 31.6 Å². The van der Waals surface area contributed by atoms with E-state index in [1.807, 2.05) is 0 Å². The fourth-order valence-corrected chi connectivity index (χ4v) is 3.73. The Balaban J connectivity index is 0. The summed E-state index contributed by atoms with van der Waals surface area (Å²) >= 11 is 0. The number of rotatable bonds is 21. The van der Waals surface area contributed by atoms with Crippen LogP contribution in [0.25, 0.3) is 0 Å². The van der Waals surface area contributed by atoms with Gasteiger partial charge in [-0.15, -0.1) is 0 Å². The molecule has 0 aromatic rings. The SMILES string of the molecule is [2H]C([2H])([2H])[N+](C)(C)C[C@@H](CC(=O)O)OC(=O)CCCCCCCCCCCCCCCCC.[Cl-]. The molecule has 0 heterocycles. The van der Waals surface area contributed by atoms with Gasteiger partial charge in [0.1, 0.15) is 6.54 Å². The molecule has 0 amide bonds. The van der Waals surface area contributed by atoms with E-state index in [9.17, 15) is 9.59 Å². The van der Waals surface area contributed by atoms with Gasteiger partial charge in [-0.3, -0.25) is 9.59 Å². The summed E-state index contributed by atoms with van der Waals surface area (Å²) < 4.78 is 27.7. The number of hydrogen-bond donors (Lipinski definition) is 1. The second-order valence-corrected chi connectivity index (χ2v) is 9.28. The van der Waals surface area contributed by atoms with Crippen molar-refractivity contribution in [1.82, 2.24) is 0 Å². The summed E-state index contributed by atoms with van der Waals surface area (Å²) in [4.78, 5) is 23.2. The highest BCUT2D eigenvalue weighted by Crippen LogP contribution is 2.14. The number of likely N-dealkylation sites (N-methyl/N-ethyl adjacent to an activating group) is 1. The van der Waals surface area contributed by atoms with Gasteiger partial charge in [0.15, 0.2) is 6.10 Å². The minimum Gasteiger partial charge on any atom is -1.00 e.